The molecule has 2 rings (SSSR count). The summed E-state index contributed by atoms with van der Waals surface area (Å²) in [5, 5.41) is 3.07. The van der Waals surface area contributed by atoms with E-state index >= 15 is 0 Å². The van der Waals surface area contributed by atoms with E-state index in [1.165, 1.54) is 12.3 Å². The van der Waals surface area contributed by atoms with Crippen molar-refractivity contribution in [2.24, 2.45) is 0 Å². The SMILES string of the molecule is CCOC(=O)c1ccccc1N/C(C)=C/C(=O)c1cccnc1. The van der Waals surface area contributed by atoms with E-state index in [0.29, 0.717) is 29.1 Å². The fraction of sp³-hybridized carbons (Fsp3) is 0.167. The van der Waals surface area contributed by atoms with Gasteiger partial charge in [0.1, 0.15) is 0 Å². The summed E-state index contributed by atoms with van der Waals surface area (Å²) in [6, 6.07) is 10.4. The van der Waals surface area contributed by atoms with Crippen molar-refractivity contribution in [1.29, 1.82) is 0 Å². The standard InChI is InChI=1S/C18H18N2O3/c1-3-23-18(22)15-8-4-5-9-16(15)20-13(2)11-17(21)14-7-6-10-19-12-14/h4-12,20H,3H2,1-2H3/b13-11+. The number of rotatable bonds is 6. The summed E-state index contributed by atoms with van der Waals surface area (Å²) in [7, 11) is 0. The molecule has 2 aromatic rings. The van der Waals surface area contributed by atoms with Crippen molar-refractivity contribution in [2.75, 3.05) is 11.9 Å². The lowest BCUT2D eigenvalue weighted by Crippen LogP contribution is -2.09. The monoisotopic (exact) mass is 310 g/mol. The van der Waals surface area contributed by atoms with Crippen molar-refractivity contribution >= 4 is 17.4 Å². The molecular formula is C18H18N2O3. The van der Waals surface area contributed by atoms with Gasteiger partial charge in [-0.15, -0.1) is 0 Å². The molecule has 0 radical (unpaired) electrons. The van der Waals surface area contributed by atoms with Crippen molar-refractivity contribution in [3.8, 4) is 0 Å². The molecule has 0 bridgehead atoms. The van der Waals surface area contributed by atoms with E-state index in [0.717, 1.165) is 0 Å². The van der Waals surface area contributed by atoms with Gasteiger partial charge in [0, 0.05) is 29.7 Å². The second kappa shape index (κ2) is 7.89. The number of hydrogen-bond acceptors (Lipinski definition) is 5. The van der Waals surface area contributed by atoms with Crippen LogP contribution in [0.3, 0.4) is 0 Å². The Morgan fingerprint density at radius 2 is 2.00 bits per heavy atom. The average Bonchev–Trinajstić information content (AvgIpc) is 2.56. The molecule has 0 fully saturated rings. The molecule has 1 aromatic heterocycles. The van der Waals surface area contributed by atoms with Gasteiger partial charge in [0.15, 0.2) is 5.78 Å². The van der Waals surface area contributed by atoms with Crippen LogP contribution in [0.25, 0.3) is 0 Å². The molecule has 5 nitrogen and oxygen atoms in total. The Morgan fingerprint density at radius 3 is 2.70 bits per heavy atom. The van der Waals surface area contributed by atoms with Gasteiger partial charge in [-0.05, 0) is 38.1 Å². The van der Waals surface area contributed by atoms with Gasteiger partial charge in [-0.2, -0.15) is 0 Å². The minimum absolute atomic E-state index is 0.156. The van der Waals surface area contributed by atoms with Crippen LogP contribution >= 0.6 is 0 Å². The van der Waals surface area contributed by atoms with Crippen LogP contribution in [0.4, 0.5) is 5.69 Å². The van der Waals surface area contributed by atoms with Crippen molar-refractivity contribution in [3.63, 3.8) is 0 Å². The summed E-state index contributed by atoms with van der Waals surface area (Å²) in [4.78, 5) is 28.0. The fourth-order valence-electron chi connectivity index (χ4n) is 2.02. The van der Waals surface area contributed by atoms with E-state index in [1.807, 2.05) is 0 Å². The van der Waals surface area contributed by atoms with Gasteiger partial charge in [-0.25, -0.2) is 4.79 Å². The smallest absolute Gasteiger partial charge is 0.340 e. The van der Waals surface area contributed by atoms with Gasteiger partial charge in [-0.1, -0.05) is 12.1 Å². The predicted molar refractivity (Wildman–Crippen MR) is 88.3 cm³/mol. The number of ketones is 1. The lowest BCUT2D eigenvalue weighted by Gasteiger charge is -2.11. The number of benzene rings is 1. The molecule has 1 heterocycles. The second-order valence-electron chi connectivity index (χ2n) is 4.82. The Labute approximate surface area is 135 Å². The third-order valence-electron chi connectivity index (χ3n) is 3.05. The zero-order chi connectivity index (χ0) is 16.7. The third kappa shape index (κ3) is 4.51. The number of hydrogen-bond donors (Lipinski definition) is 1. The van der Waals surface area contributed by atoms with Crippen molar-refractivity contribution in [1.82, 2.24) is 4.98 Å². The zero-order valence-electron chi connectivity index (χ0n) is 13.1. The molecule has 0 spiro atoms. The number of esters is 1. The number of para-hydroxylation sites is 1. The first-order valence-electron chi connectivity index (χ1n) is 7.27. The van der Waals surface area contributed by atoms with Crippen LogP contribution in [0, 0.1) is 0 Å². The van der Waals surface area contributed by atoms with E-state index in [1.54, 1.807) is 56.4 Å². The predicted octanol–water partition coefficient (Wildman–Crippen LogP) is 3.46. The molecule has 0 aliphatic rings. The maximum Gasteiger partial charge on any atom is 0.340 e. The molecule has 0 aliphatic heterocycles. The Bertz CT molecular complexity index is 724. The highest BCUT2D eigenvalue weighted by Gasteiger charge is 2.12. The highest BCUT2D eigenvalue weighted by molar-refractivity contribution is 6.05. The summed E-state index contributed by atoms with van der Waals surface area (Å²) in [5.41, 5.74) is 2.15. The van der Waals surface area contributed by atoms with E-state index in [2.05, 4.69) is 10.3 Å². The summed E-state index contributed by atoms with van der Waals surface area (Å²) >= 11 is 0. The van der Waals surface area contributed by atoms with E-state index in [4.69, 9.17) is 4.74 Å². The topological polar surface area (TPSA) is 68.3 Å². The number of anilines is 1. The van der Waals surface area contributed by atoms with Crippen LogP contribution in [0.2, 0.25) is 0 Å². The minimum atomic E-state index is -0.401. The van der Waals surface area contributed by atoms with Crippen LogP contribution in [0.15, 0.2) is 60.6 Å². The maximum atomic E-state index is 12.1. The number of carbonyl (C=O) groups excluding carboxylic acids is 2. The van der Waals surface area contributed by atoms with Gasteiger partial charge < -0.3 is 10.1 Å². The minimum Gasteiger partial charge on any atom is -0.462 e. The quantitative estimate of drug-likeness (QED) is 0.503. The molecule has 1 N–H and O–H groups in total. The molecule has 118 valence electrons. The van der Waals surface area contributed by atoms with Gasteiger partial charge in [-0.3, -0.25) is 9.78 Å². The zero-order valence-corrected chi connectivity index (χ0v) is 13.1. The Kier molecular flexibility index (Phi) is 5.63. The highest BCUT2D eigenvalue weighted by Crippen LogP contribution is 2.18. The summed E-state index contributed by atoms with van der Waals surface area (Å²) in [6.45, 7) is 3.82. The molecule has 23 heavy (non-hydrogen) atoms. The number of nitrogens with one attached hydrogen (secondary N) is 1. The molecule has 0 atom stereocenters. The molecule has 1 aromatic carbocycles. The Balaban J connectivity index is 2.17. The first-order chi connectivity index (χ1) is 11.1. The summed E-state index contributed by atoms with van der Waals surface area (Å²) in [6.07, 6.45) is 4.60. The first-order valence-corrected chi connectivity index (χ1v) is 7.27. The average molecular weight is 310 g/mol. The van der Waals surface area contributed by atoms with E-state index in [9.17, 15) is 9.59 Å². The van der Waals surface area contributed by atoms with Gasteiger partial charge >= 0.3 is 5.97 Å². The Morgan fingerprint density at radius 1 is 1.22 bits per heavy atom. The summed E-state index contributed by atoms with van der Waals surface area (Å²) in [5.74, 6) is -0.557. The van der Waals surface area contributed by atoms with Crippen LogP contribution < -0.4 is 5.32 Å². The fourth-order valence-corrected chi connectivity index (χ4v) is 2.02. The third-order valence-corrected chi connectivity index (χ3v) is 3.05. The molecule has 0 unspecified atom stereocenters. The lowest BCUT2D eigenvalue weighted by atomic mass is 10.1. The van der Waals surface area contributed by atoms with Crippen molar-refractivity contribution in [3.05, 3.63) is 71.7 Å². The van der Waals surface area contributed by atoms with Crippen LogP contribution in [-0.4, -0.2) is 23.3 Å². The van der Waals surface area contributed by atoms with Gasteiger partial charge in [0.2, 0.25) is 0 Å². The van der Waals surface area contributed by atoms with Gasteiger partial charge in [0.25, 0.3) is 0 Å². The number of allylic oxidation sites excluding steroid dienone is 2. The molecule has 0 amide bonds. The Hall–Kier alpha value is -2.95. The normalized spacial score (nSPS) is 11.0. The maximum absolute atomic E-state index is 12.1. The number of pyridine rings is 1. The van der Waals surface area contributed by atoms with Crippen molar-refractivity contribution in [2.45, 2.75) is 13.8 Å². The van der Waals surface area contributed by atoms with Gasteiger partial charge in [0.05, 0.1) is 17.9 Å². The van der Waals surface area contributed by atoms with E-state index in [-0.39, 0.29) is 5.78 Å². The number of aromatic nitrogens is 1. The lowest BCUT2D eigenvalue weighted by molar-refractivity contribution is 0.0527. The molecule has 5 heteroatoms. The largest absolute Gasteiger partial charge is 0.462 e. The van der Waals surface area contributed by atoms with Crippen LogP contribution in [0.5, 0.6) is 0 Å². The number of nitrogens with zero attached hydrogens (tertiary/aromatic N) is 1. The van der Waals surface area contributed by atoms with E-state index < -0.39 is 5.97 Å². The molecular weight excluding hydrogens is 292 g/mol. The molecule has 0 saturated heterocycles. The summed E-state index contributed by atoms with van der Waals surface area (Å²) < 4.78 is 5.03. The second-order valence-corrected chi connectivity index (χ2v) is 4.82. The number of ether oxygens (including phenoxy) is 1. The van der Waals surface area contributed by atoms with Crippen LogP contribution in [0.1, 0.15) is 34.6 Å². The molecule has 0 aliphatic carbocycles. The van der Waals surface area contributed by atoms with Crippen molar-refractivity contribution < 1.29 is 14.3 Å². The number of carbonyl (C=O) groups is 2. The van der Waals surface area contributed by atoms with Crippen LogP contribution in [-0.2, 0) is 4.74 Å². The first kappa shape index (κ1) is 16.4. The molecule has 0 saturated carbocycles. The highest BCUT2D eigenvalue weighted by atomic mass is 16.5.